The van der Waals surface area contributed by atoms with Crippen LogP contribution in [0.3, 0.4) is 0 Å². The van der Waals surface area contributed by atoms with Crippen molar-refractivity contribution in [2.24, 2.45) is 0 Å². The van der Waals surface area contributed by atoms with Crippen LogP contribution in [0.5, 0.6) is 11.5 Å². The third kappa shape index (κ3) is 3.07. The van der Waals surface area contributed by atoms with Crippen molar-refractivity contribution in [3.8, 4) is 22.8 Å². The van der Waals surface area contributed by atoms with Crippen LogP contribution in [-0.2, 0) is 11.3 Å². The Morgan fingerprint density at radius 1 is 1.21 bits per heavy atom. The van der Waals surface area contributed by atoms with Gasteiger partial charge in [-0.25, -0.2) is 0 Å². The molecule has 1 saturated heterocycles. The van der Waals surface area contributed by atoms with Gasteiger partial charge in [-0.15, -0.1) is 0 Å². The average molecular weight is 348 g/mol. The first-order valence-corrected chi connectivity index (χ1v) is 8.90. The number of H-pyrrole nitrogens is 1. The fraction of sp³-hybridized carbons (Fsp3) is 0.471. The van der Waals surface area contributed by atoms with Gasteiger partial charge in [0, 0.05) is 30.1 Å². The highest BCUT2D eigenvalue weighted by Crippen LogP contribution is 2.36. The number of nitrogens with zero attached hydrogens (tertiary/aromatic N) is 1. The van der Waals surface area contributed by atoms with Crippen LogP contribution >= 0.6 is 11.3 Å². The molecule has 0 amide bonds. The summed E-state index contributed by atoms with van der Waals surface area (Å²) < 4.78 is 16.6. The van der Waals surface area contributed by atoms with Crippen LogP contribution in [0.15, 0.2) is 23.0 Å². The molecule has 2 aliphatic rings. The summed E-state index contributed by atoms with van der Waals surface area (Å²) >= 11 is 1.27. The number of nitrogens with one attached hydrogen (secondary N) is 1. The molecular weight excluding hydrogens is 328 g/mol. The Morgan fingerprint density at radius 2 is 1.96 bits per heavy atom. The van der Waals surface area contributed by atoms with Crippen molar-refractivity contribution in [1.29, 1.82) is 0 Å². The molecule has 0 aliphatic carbocycles. The molecule has 0 radical (unpaired) electrons. The van der Waals surface area contributed by atoms with Crippen molar-refractivity contribution in [1.82, 2.24) is 9.88 Å². The molecule has 24 heavy (non-hydrogen) atoms. The van der Waals surface area contributed by atoms with Gasteiger partial charge in [-0.1, -0.05) is 11.3 Å². The predicted octanol–water partition coefficient (Wildman–Crippen LogP) is 2.44. The minimum atomic E-state index is -0.0352. The average Bonchev–Trinajstić information content (AvgIpc) is 3.11. The lowest BCUT2D eigenvalue weighted by Gasteiger charge is -2.35. The van der Waals surface area contributed by atoms with E-state index in [4.69, 9.17) is 14.2 Å². The lowest BCUT2D eigenvalue weighted by atomic mass is 10.1. The van der Waals surface area contributed by atoms with E-state index in [2.05, 4.69) is 23.7 Å². The fourth-order valence-corrected chi connectivity index (χ4v) is 4.27. The second-order valence-corrected chi connectivity index (χ2v) is 7.40. The summed E-state index contributed by atoms with van der Waals surface area (Å²) in [6, 6.07) is 5.77. The first kappa shape index (κ1) is 15.7. The number of aromatic nitrogens is 1. The van der Waals surface area contributed by atoms with E-state index in [0.717, 1.165) is 47.3 Å². The maximum absolute atomic E-state index is 12.0. The largest absolute Gasteiger partial charge is 0.454 e. The molecule has 6 nitrogen and oxygen atoms in total. The van der Waals surface area contributed by atoms with Gasteiger partial charge in [-0.05, 0) is 32.0 Å². The highest BCUT2D eigenvalue weighted by molar-refractivity contribution is 7.09. The van der Waals surface area contributed by atoms with Crippen LogP contribution in [0.25, 0.3) is 11.3 Å². The highest BCUT2D eigenvalue weighted by Gasteiger charge is 2.24. The smallest absolute Gasteiger partial charge is 0.305 e. The number of rotatable bonds is 3. The lowest BCUT2D eigenvalue weighted by Crippen LogP contribution is -2.44. The van der Waals surface area contributed by atoms with E-state index in [-0.39, 0.29) is 23.9 Å². The van der Waals surface area contributed by atoms with Gasteiger partial charge in [0.15, 0.2) is 11.5 Å². The Kier molecular flexibility index (Phi) is 4.07. The topological polar surface area (TPSA) is 63.8 Å². The second-order valence-electron chi connectivity index (χ2n) is 6.33. The Hall–Kier alpha value is -1.83. The van der Waals surface area contributed by atoms with Gasteiger partial charge in [0.05, 0.1) is 17.9 Å². The third-order valence-electron chi connectivity index (χ3n) is 4.25. The van der Waals surface area contributed by atoms with Gasteiger partial charge >= 0.3 is 4.87 Å². The van der Waals surface area contributed by atoms with Crippen LogP contribution in [0, 0.1) is 0 Å². The summed E-state index contributed by atoms with van der Waals surface area (Å²) in [5.74, 6) is 1.47. The van der Waals surface area contributed by atoms with Crippen molar-refractivity contribution in [3.05, 3.63) is 32.7 Å². The molecule has 1 aromatic carbocycles. The summed E-state index contributed by atoms with van der Waals surface area (Å²) in [4.78, 5) is 18.3. The zero-order chi connectivity index (χ0) is 16.7. The molecule has 128 valence electrons. The van der Waals surface area contributed by atoms with Crippen molar-refractivity contribution in [2.75, 3.05) is 19.9 Å². The molecule has 4 rings (SSSR count). The minimum Gasteiger partial charge on any atom is -0.454 e. The van der Waals surface area contributed by atoms with Crippen molar-refractivity contribution in [3.63, 3.8) is 0 Å². The number of fused-ring (bicyclic) bond motifs is 1. The van der Waals surface area contributed by atoms with Crippen LogP contribution in [0.1, 0.15) is 18.7 Å². The van der Waals surface area contributed by atoms with E-state index in [1.807, 2.05) is 18.2 Å². The molecule has 2 atom stereocenters. The Labute approximate surface area is 144 Å². The normalized spacial score (nSPS) is 23.6. The fourth-order valence-electron chi connectivity index (χ4n) is 3.37. The highest BCUT2D eigenvalue weighted by atomic mass is 32.1. The molecule has 2 aliphatic heterocycles. The number of aromatic amines is 1. The monoisotopic (exact) mass is 348 g/mol. The second kappa shape index (κ2) is 6.23. The SMILES string of the molecule is CC1CN(Cc2sc(=O)[nH]c2-c2ccc3c(c2)OCO3)CC(C)O1. The molecule has 3 heterocycles. The standard InChI is InChI=1S/C17H20N2O4S/c1-10-6-19(7-11(2)23-10)8-15-16(18-17(20)24-15)12-3-4-13-14(5-12)22-9-21-13/h3-5,10-11H,6-9H2,1-2H3,(H,18,20). The van der Waals surface area contributed by atoms with E-state index in [1.54, 1.807) is 0 Å². The first-order chi connectivity index (χ1) is 11.6. The molecule has 1 N–H and O–H groups in total. The van der Waals surface area contributed by atoms with E-state index in [1.165, 1.54) is 11.3 Å². The first-order valence-electron chi connectivity index (χ1n) is 8.08. The molecule has 7 heteroatoms. The lowest BCUT2D eigenvalue weighted by molar-refractivity contribution is -0.0702. The molecule has 0 bridgehead atoms. The molecule has 2 unspecified atom stereocenters. The molecule has 1 aromatic heterocycles. The molecule has 1 fully saturated rings. The number of hydrogen-bond acceptors (Lipinski definition) is 6. The van der Waals surface area contributed by atoms with Gasteiger partial charge in [-0.3, -0.25) is 9.69 Å². The maximum atomic E-state index is 12.0. The van der Waals surface area contributed by atoms with Gasteiger partial charge in [-0.2, -0.15) is 0 Å². The van der Waals surface area contributed by atoms with Crippen molar-refractivity contribution >= 4 is 11.3 Å². The van der Waals surface area contributed by atoms with Crippen molar-refractivity contribution < 1.29 is 14.2 Å². The molecule has 0 saturated carbocycles. The van der Waals surface area contributed by atoms with E-state index >= 15 is 0 Å². The zero-order valence-electron chi connectivity index (χ0n) is 13.7. The van der Waals surface area contributed by atoms with Crippen LogP contribution in [0.2, 0.25) is 0 Å². The summed E-state index contributed by atoms with van der Waals surface area (Å²) in [6.45, 7) is 6.90. The number of benzene rings is 1. The number of morpholine rings is 1. The minimum absolute atomic E-state index is 0.0352. The van der Waals surface area contributed by atoms with E-state index < -0.39 is 0 Å². The summed E-state index contributed by atoms with van der Waals surface area (Å²) in [7, 11) is 0. The maximum Gasteiger partial charge on any atom is 0.305 e. The van der Waals surface area contributed by atoms with Gasteiger partial charge in [0.2, 0.25) is 6.79 Å². The Morgan fingerprint density at radius 3 is 2.75 bits per heavy atom. The molecule has 2 aromatic rings. The number of ether oxygens (including phenoxy) is 3. The van der Waals surface area contributed by atoms with E-state index in [9.17, 15) is 4.79 Å². The van der Waals surface area contributed by atoms with Gasteiger partial charge in [0.25, 0.3) is 0 Å². The number of hydrogen-bond donors (Lipinski definition) is 1. The summed E-state index contributed by atoms with van der Waals surface area (Å²) in [5.41, 5.74) is 1.82. The molecule has 0 spiro atoms. The number of thiazole rings is 1. The zero-order valence-corrected chi connectivity index (χ0v) is 14.5. The Bertz CT molecular complexity index is 790. The Balaban J connectivity index is 1.62. The van der Waals surface area contributed by atoms with Crippen LogP contribution in [-0.4, -0.2) is 42.0 Å². The summed E-state index contributed by atoms with van der Waals surface area (Å²) in [6.07, 6.45) is 0.414. The van der Waals surface area contributed by atoms with Crippen molar-refractivity contribution in [2.45, 2.75) is 32.6 Å². The molecular formula is C17H20N2O4S. The predicted molar refractivity (Wildman–Crippen MR) is 91.8 cm³/mol. The van der Waals surface area contributed by atoms with Gasteiger partial charge in [0.1, 0.15) is 0 Å². The van der Waals surface area contributed by atoms with E-state index in [0.29, 0.717) is 0 Å². The quantitative estimate of drug-likeness (QED) is 0.923. The summed E-state index contributed by atoms with van der Waals surface area (Å²) in [5, 5.41) is 0. The van der Waals surface area contributed by atoms with Gasteiger partial charge < -0.3 is 19.2 Å². The van der Waals surface area contributed by atoms with Crippen LogP contribution < -0.4 is 14.3 Å². The van der Waals surface area contributed by atoms with Crippen LogP contribution in [0.4, 0.5) is 0 Å². The third-order valence-corrected chi connectivity index (χ3v) is 5.11.